The molecular formula is C14H18N2O3. The summed E-state index contributed by atoms with van der Waals surface area (Å²) in [6.07, 6.45) is 4.54. The fourth-order valence-electron chi connectivity index (χ4n) is 2.47. The molecule has 5 nitrogen and oxygen atoms in total. The second kappa shape index (κ2) is 5.38. The van der Waals surface area contributed by atoms with Crippen molar-refractivity contribution in [2.45, 2.75) is 44.6 Å². The molecule has 1 amide bonds. The second-order valence-electron chi connectivity index (χ2n) is 5.13. The monoisotopic (exact) mass is 262 g/mol. The lowest BCUT2D eigenvalue weighted by atomic mass is 9.97. The first-order chi connectivity index (χ1) is 9.02. The summed E-state index contributed by atoms with van der Waals surface area (Å²) in [6, 6.07) is 3.68. The largest absolute Gasteiger partial charge is 0.480 e. The van der Waals surface area contributed by atoms with Gasteiger partial charge in [-0.25, -0.2) is 4.79 Å². The summed E-state index contributed by atoms with van der Waals surface area (Å²) < 4.78 is 0. The maximum atomic E-state index is 12.0. The lowest BCUT2D eigenvalue weighted by Crippen LogP contribution is -2.52. The Morgan fingerprint density at radius 3 is 2.58 bits per heavy atom. The van der Waals surface area contributed by atoms with Gasteiger partial charge in [0.05, 0.1) is 6.42 Å². The standard InChI is InChI=1S/C14H18N2O3/c1-10-4-5-11(9-15-10)8-12(17)16-14(13(18)19)6-2-3-7-14/h4-5,9H,2-3,6-8H2,1H3,(H,16,17)(H,18,19). The number of nitrogens with one attached hydrogen (secondary N) is 1. The quantitative estimate of drug-likeness (QED) is 0.860. The van der Waals surface area contributed by atoms with Crippen LogP contribution in [0.4, 0.5) is 0 Å². The first-order valence-corrected chi connectivity index (χ1v) is 6.48. The second-order valence-corrected chi connectivity index (χ2v) is 5.13. The van der Waals surface area contributed by atoms with Crippen LogP contribution in [0.15, 0.2) is 18.3 Å². The van der Waals surface area contributed by atoms with Crippen molar-refractivity contribution in [3.8, 4) is 0 Å². The van der Waals surface area contributed by atoms with Crippen LogP contribution in [0.1, 0.15) is 36.9 Å². The summed E-state index contributed by atoms with van der Waals surface area (Å²) >= 11 is 0. The molecule has 0 spiro atoms. The Hall–Kier alpha value is -1.91. The van der Waals surface area contributed by atoms with Crippen molar-refractivity contribution in [1.82, 2.24) is 10.3 Å². The van der Waals surface area contributed by atoms with Gasteiger partial charge in [-0.1, -0.05) is 18.9 Å². The van der Waals surface area contributed by atoms with Crippen LogP contribution in [0.3, 0.4) is 0 Å². The minimum absolute atomic E-state index is 0.169. The molecule has 2 N–H and O–H groups in total. The molecule has 0 unspecified atom stereocenters. The van der Waals surface area contributed by atoms with Crippen molar-refractivity contribution in [2.24, 2.45) is 0 Å². The van der Waals surface area contributed by atoms with Crippen LogP contribution in [0, 0.1) is 6.92 Å². The first-order valence-electron chi connectivity index (χ1n) is 6.48. The van der Waals surface area contributed by atoms with Crippen LogP contribution in [0.5, 0.6) is 0 Å². The molecule has 1 aliphatic carbocycles. The molecule has 5 heteroatoms. The maximum Gasteiger partial charge on any atom is 0.329 e. The number of hydrogen-bond donors (Lipinski definition) is 2. The van der Waals surface area contributed by atoms with E-state index >= 15 is 0 Å². The summed E-state index contributed by atoms with van der Waals surface area (Å²) in [6.45, 7) is 1.88. The van der Waals surface area contributed by atoms with E-state index in [4.69, 9.17) is 0 Å². The fraction of sp³-hybridized carbons (Fsp3) is 0.500. The van der Waals surface area contributed by atoms with Crippen molar-refractivity contribution in [3.63, 3.8) is 0 Å². The number of carboxylic acids is 1. The van der Waals surface area contributed by atoms with Crippen LogP contribution in [-0.4, -0.2) is 27.5 Å². The van der Waals surface area contributed by atoms with Crippen LogP contribution < -0.4 is 5.32 Å². The van der Waals surface area contributed by atoms with Crippen molar-refractivity contribution in [1.29, 1.82) is 0 Å². The number of hydrogen-bond acceptors (Lipinski definition) is 3. The van der Waals surface area contributed by atoms with Crippen LogP contribution in [0.25, 0.3) is 0 Å². The third-order valence-corrected chi connectivity index (χ3v) is 3.58. The average molecular weight is 262 g/mol. The predicted molar refractivity (Wildman–Crippen MR) is 69.7 cm³/mol. The van der Waals surface area contributed by atoms with Crippen molar-refractivity contribution in [3.05, 3.63) is 29.6 Å². The minimum atomic E-state index is -1.06. The molecular weight excluding hydrogens is 244 g/mol. The molecule has 1 aromatic heterocycles. The van der Waals surface area contributed by atoms with E-state index in [-0.39, 0.29) is 12.3 Å². The number of aliphatic carboxylic acids is 1. The smallest absolute Gasteiger partial charge is 0.329 e. The Labute approximate surface area is 112 Å². The van der Waals surface area contributed by atoms with Gasteiger partial charge >= 0.3 is 5.97 Å². The zero-order chi connectivity index (χ0) is 13.9. The molecule has 0 saturated heterocycles. The van der Waals surface area contributed by atoms with Gasteiger partial charge in [0.15, 0.2) is 0 Å². The molecule has 2 rings (SSSR count). The van der Waals surface area contributed by atoms with Gasteiger partial charge in [0, 0.05) is 11.9 Å². The number of carbonyl (C=O) groups is 2. The van der Waals surface area contributed by atoms with E-state index in [1.165, 1.54) is 0 Å². The van der Waals surface area contributed by atoms with E-state index in [9.17, 15) is 14.7 Å². The summed E-state index contributed by atoms with van der Waals surface area (Å²) in [7, 11) is 0. The Morgan fingerprint density at radius 1 is 1.37 bits per heavy atom. The highest BCUT2D eigenvalue weighted by Gasteiger charge is 2.42. The molecule has 0 aliphatic heterocycles. The van der Waals surface area contributed by atoms with Crippen molar-refractivity contribution >= 4 is 11.9 Å². The van der Waals surface area contributed by atoms with Gasteiger partial charge < -0.3 is 10.4 Å². The maximum absolute atomic E-state index is 12.0. The number of rotatable bonds is 4. The van der Waals surface area contributed by atoms with Gasteiger partial charge in [-0.05, 0) is 31.4 Å². The average Bonchev–Trinajstić information content (AvgIpc) is 2.82. The van der Waals surface area contributed by atoms with E-state index in [1.807, 2.05) is 19.1 Å². The molecule has 1 heterocycles. The van der Waals surface area contributed by atoms with Crippen LogP contribution in [0.2, 0.25) is 0 Å². The molecule has 0 atom stereocenters. The lowest BCUT2D eigenvalue weighted by Gasteiger charge is -2.25. The van der Waals surface area contributed by atoms with E-state index < -0.39 is 11.5 Å². The molecule has 0 radical (unpaired) electrons. The lowest BCUT2D eigenvalue weighted by molar-refractivity contribution is -0.147. The third-order valence-electron chi connectivity index (χ3n) is 3.58. The highest BCUT2D eigenvalue weighted by Crippen LogP contribution is 2.29. The highest BCUT2D eigenvalue weighted by atomic mass is 16.4. The third kappa shape index (κ3) is 3.10. The summed E-state index contributed by atoms with van der Waals surface area (Å²) in [5.74, 6) is -1.18. The van der Waals surface area contributed by atoms with E-state index in [0.717, 1.165) is 24.1 Å². The van der Waals surface area contributed by atoms with Gasteiger partial charge in [0.25, 0.3) is 0 Å². The molecule has 1 aromatic rings. The molecule has 0 bridgehead atoms. The van der Waals surface area contributed by atoms with Gasteiger partial charge in [-0.3, -0.25) is 9.78 Å². The fourth-order valence-corrected chi connectivity index (χ4v) is 2.47. The highest BCUT2D eigenvalue weighted by molar-refractivity contribution is 5.88. The van der Waals surface area contributed by atoms with Gasteiger partial charge in [0.2, 0.25) is 5.91 Å². The van der Waals surface area contributed by atoms with E-state index in [0.29, 0.717) is 12.8 Å². The molecule has 1 aliphatic rings. The zero-order valence-corrected chi connectivity index (χ0v) is 11.0. The SMILES string of the molecule is Cc1ccc(CC(=O)NC2(C(=O)O)CCCC2)cn1. The topological polar surface area (TPSA) is 79.3 Å². The van der Waals surface area contributed by atoms with Crippen molar-refractivity contribution in [2.75, 3.05) is 0 Å². The van der Waals surface area contributed by atoms with E-state index in [2.05, 4.69) is 10.3 Å². The molecule has 1 saturated carbocycles. The zero-order valence-electron chi connectivity index (χ0n) is 11.0. The molecule has 0 aromatic carbocycles. The van der Waals surface area contributed by atoms with Gasteiger partial charge in [-0.2, -0.15) is 0 Å². The normalized spacial score (nSPS) is 17.1. The number of carbonyl (C=O) groups excluding carboxylic acids is 1. The van der Waals surface area contributed by atoms with Gasteiger partial charge in [0.1, 0.15) is 5.54 Å². The minimum Gasteiger partial charge on any atom is -0.480 e. The predicted octanol–water partition coefficient (Wildman–Crippen LogP) is 1.45. The summed E-state index contributed by atoms with van der Waals surface area (Å²) in [5.41, 5.74) is 0.624. The number of nitrogens with zero attached hydrogens (tertiary/aromatic N) is 1. The Morgan fingerprint density at radius 2 is 2.05 bits per heavy atom. The number of aryl methyl sites for hydroxylation is 1. The number of aromatic nitrogens is 1. The Balaban J connectivity index is 2.00. The van der Waals surface area contributed by atoms with Crippen LogP contribution in [-0.2, 0) is 16.0 Å². The number of amides is 1. The Bertz CT molecular complexity index is 476. The first kappa shape index (κ1) is 13.5. The van der Waals surface area contributed by atoms with Gasteiger partial charge in [-0.15, -0.1) is 0 Å². The number of pyridine rings is 1. The summed E-state index contributed by atoms with van der Waals surface area (Å²) in [4.78, 5) is 27.4. The number of carboxylic acid groups (broad SMARTS) is 1. The van der Waals surface area contributed by atoms with Crippen molar-refractivity contribution < 1.29 is 14.7 Å². The Kier molecular flexibility index (Phi) is 3.83. The molecule has 102 valence electrons. The molecule has 1 fully saturated rings. The van der Waals surface area contributed by atoms with Crippen LogP contribution >= 0.6 is 0 Å². The van der Waals surface area contributed by atoms with E-state index in [1.54, 1.807) is 6.20 Å². The summed E-state index contributed by atoms with van der Waals surface area (Å²) in [5, 5.41) is 12.0. The molecule has 19 heavy (non-hydrogen) atoms.